The molecular weight excluding hydrogens is 297 g/mol. The number of nitrogens with one attached hydrogen (secondary N) is 2. The van der Waals surface area contributed by atoms with Crippen LogP contribution >= 0.6 is 0 Å². The number of halogens is 1. The predicted molar refractivity (Wildman–Crippen MR) is 86.3 cm³/mol. The Hall–Kier alpha value is -1.95. The van der Waals surface area contributed by atoms with Gasteiger partial charge < -0.3 is 5.32 Å². The molecule has 1 aromatic rings. The first-order chi connectivity index (χ1) is 11.0. The normalized spacial score (nSPS) is 16.3. The Morgan fingerprint density at radius 2 is 2.04 bits per heavy atom. The highest BCUT2D eigenvalue weighted by Crippen LogP contribution is 2.17. The molecule has 0 aliphatic heterocycles. The van der Waals surface area contributed by atoms with Crippen molar-refractivity contribution in [2.45, 2.75) is 51.2 Å². The molecule has 1 aromatic carbocycles. The Balaban J connectivity index is 1.81. The minimum absolute atomic E-state index is 0.170. The van der Waals surface area contributed by atoms with E-state index in [1.54, 1.807) is 31.0 Å². The molecule has 1 fully saturated rings. The van der Waals surface area contributed by atoms with Crippen LogP contribution in [-0.4, -0.2) is 36.0 Å². The maximum atomic E-state index is 13.2. The van der Waals surface area contributed by atoms with E-state index in [2.05, 4.69) is 10.6 Å². The highest BCUT2D eigenvalue weighted by Gasteiger charge is 2.22. The number of amides is 3. The van der Waals surface area contributed by atoms with Crippen molar-refractivity contribution in [2.75, 3.05) is 7.05 Å². The Bertz CT molecular complexity index is 559. The maximum Gasteiger partial charge on any atom is 0.321 e. The number of imide groups is 1. The van der Waals surface area contributed by atoms with E-state index in [1.807, 2.05) is 0 Å². The van der Waals surface area contributed by atoms with E-state index in [1.165, 1.54) is 12.1 Å². The van der Waals surface area contributed by atoms with E-state index >= 15 is 0 Å². The molecule has 6 heteroatoms. The van der Waals surface area contributed by atoms with Crippen LogP contribution < -0.4 is 10.6 Å². The smallest absolute Gasteiger partial charge is 0.321 e. The van der Waals surface area contributed by atoms with Crippen molar-refractivity contribution < 1.29 is 14.0 Å². The summed E-state index contributed by atoms with van der Waals surface area (Å²) in [5.74, 6) is -0.664. The zero-order valence-corrected chi connectivity index (χ0v) is 13.6. The van der Waals surface area contributed by atoms with Gasteiger partial charge in [-0.1, -0.05) is 25.0 Å². The molecule has 0 saturated heterocycles. The zero-order valence-electron chi connectivity index (χ0n) is 13.6. The summed E-state index contributed by atoms with van der Waals surface area (Å²) in [6.07, 6.45) is 4.17. The van der Waals surface area contributed by atoms with Crippen LogP contribution in [0.5, 0.6) is 0 Å². The molecule has 0 unspecified atom stereocenters. The van der Waals surface area contributed by atoms with Gasteiger partial charge in [0.1, 0.15) is 5.82 Å². The van der Waals surface area contributed by atoms with E-state index in [0.717, 1.165) is 31.2 Å². The number of benzene rings is 1. The molecule has 0 radical (unpaired) electrons. The first kappa shape index (κ1) is 17.4. The van der Waals surface area contributed by atoms with E-state index in [0.29, 0.717) is 6.54 Å². The number of nitrogens with zero attached hydrogens (tertiary/aromatic N) is 1. The van der Waals surface area contributed by atoms with E-state index in [4.69, 9.17) is 0 Å². The Morgan fingerprint density at radius 3 is 2.70 bits per heavy atom. The second-order valence-electron chi connectivity index (χ2n) is 6.17. The van der Waals surface area contributed by atoms with Gasteiger partial charge in [0.2, 0.25) is 5.91 Å². The minimum Gasteiger partial charge on any atom is -0.335 e. The number of rotatable bonds is 5. The standard InChI is InChI=1S/C17H24FN3O2/c1-12(21(2)11-13-6-5-7-14(18)10-13)16(22)20-17(23)19-15-8-3-4-9-15/h5-7,10,12,15H,3-4,8-9,11H2,1-2H3,(H2,19,20,22,23)/t12-/m1/s1. The van der Waals surface area contributed by atoms with Crippen molar-refractivity contribution >= 4 is 11.9 Å². The van der Waals surface area contributed by atoms with Crippen LogP contribution in [0.3, 0.4) is 0 Å². The molecule has 0 heterocycles. The Morgan fingerprint density at radius 1 is 1.35 bits per heavy atom. The van der Waals surface area contributed by atoms with Crippen LogP contribution in [0.25, 0.3) is 0 Å². The van der Waals surface area contributed by atoms with E-state index in [9.17, 15) is 14.0 Å². The monoisotopic (exact) mass is 321 g/mol. The SMILES string of the molecule is C[C@H](C(=O)NC(=O)NC1CCCC1)N(C)Cc1cccc(F)c1. The summed E-state index contributed by atoms with van der Waals surface area (Å²) in [6.45, 7) is 2.15. The lowest BCUT2D eigenvalue weighted by atomic mass is 10.2. The van der Waals surface area contributed by atoms with Gasteiger partial charge in [-0.2, -0.15) is 0 Å². The second kappa shape index (κ2) is 8.06. The molecule has 2 N–H and O–H groups in total. The van der Waals surface area contributed by atoms with E-state index < -0.39 is 12.1 Å². The molecule has 0 aromatic heterocycles. The summed E-state index contributed by atoms with van der Waals surface area (Å²) in [5, 5.41) is 5.20. The third kappa shape index (κ3) is 5.32. The summed E-state index contributed by atoms with van der Waals surface area (Å²) < 4.78 is 13.2. The molecule has 3 amide bonds. The second-order valence-corrected chi connectivity index (χ2v) is 6.17. The van der Waals surface area contributed by atoms with Crippen molar-refractivity contribution in [1.29, 1.82) is 0 Å². The number of hydrogen-bond acceptors (Lipinski definition) is 3. The molecule has 126 valence electrons. The zero-order chi connectivity index (χ0) is 16.8. The van der Waals surface area contributed by atoms with E-state index in [-0.39, 0.29) is 17.8 Å². The van der Waals surface area contributed by atoms with Crippen molar-refractivity contribution in [3.05, 3.63) is 35.6 Å². The summed E-state index contributed by atoms with van der Waals surface area (Å²) in [6, 6.07) is 5.50. The lowest BCUT2D eigenvalue weighted by Gasteiger charge is -2.24. The van der Waals surface area contributed by atoms with Crippen molar-refractivity contribution in [2.24, 2.45) is 0 Å². The fraction of sp³-hybridized carbons (Fsp3) is 0.529. The van der Waals surface area contributed by atoms with Gasteiger partial charge in [0.05, 0.1) is 6.04 Å². The van der Waals surface area contributed by atoms with Crippen molar-refractivity contribution in [3.63, 3.8) is 0 Å². The third-order valence-electron chi connectivity index (χ3n) is 4.29. The maximum absolute atomic E-state index is 13.2. The average molecular weight is 321 g/mol. The largest absolute Gasteiger partial charge is 0.335 e. The Labute approximate surface area is 136 Å². The molecule has 1 aliphatic carbocycles. The molecule has 0 bridgehead atoms. The highest BCUT2D eigenvalue weighted by molar-refractivity contribution is 5.96. The number of hydrogen-bond donors (Lipinski definition) is 2. The summed E-state index contributed by atoms with van der Waals surface area (Å²) in [4.78, 5) is 25.7. The molecule has 1 saturated carbocycles. The van der Waals surface area contributed by atoms with Gasteiger partial charge >= 0.3 is 6.03 Å². The van der Waals surface area contributed by atoms with Crippen LogP contribution in [0, 0.1) is 5.82 Å². The molecule has 1 atom stereocenters. The van der Waals surface area contributed by atoms with Crippen LogP contribution in [0.1, 0.15) is 38.2 Å². The molecule has 2 rings (SSSR count). The molecule has 23 heavy (non-hydrogen) atoms. The third-order valence-corrected chi connectivity index (χ3v) is 4.29. The van der Waals surface area contributed by atoms with Crippen LogP contribution in [0.4, 0.5) is 9.18 Å². The summed E-state index contributed by atoms with van der Waals surface area (Å²) in [7, 11) is 1.77. The quantitative estimate of drug-likeness (QED) is 0.875. The van der Waals surface area contributed by atoms with Crippen LogP contribution in [0.2, 0.25) is 0 Å². The molecular formula is C17H24FN3O2. The van der Waals surface area contributed by atoms with Gasteiger partial charge in [-0.3, -0.25) is 15.0 Å². The summed E-state index contributed by atoms with van der Waals surface area (Å²) >= 11 is 0. The van der Waals surface area contributed by atoms with Crippen molar-refractivity contribution in [1.82, 2.24) is 15.5 Å². The first-order valence-electron chi connectivity index (χ1n) is 8.01. The minimum atomic E-state index is -0.493. The topological polar surface area (TPSA) is 61.4 Å². The van der Waals surface area contributed by atoms with Gasteiger partial charge in [0.25, 0.3) is 0 Å². The fourth-order valence-electron chi connectivity index (χ4n) is 2.77. The predicted octanol–water partition coefficient (Wildman–Crippen LogP) is 2.41. The first-order valence-corrected chi connectivity index (χ1v) is 8.01. The average Bonchev–Trinajstić information content (AvgIpc) is 2.99. The van der Waals surface area contributed by atoms with Gasteiger partial charge in [0.15, 0.2) is 0 Å². The van der Waals surface area contributed by atoms with Crippen LogP contribution in [-0.2, 0) is 11.3 Å². The van der Waals surface area contributed by atoms with Crippen LogP contribution in [0.15, 0.2) is 24.3 Å². The van der Waals surface area contributed by atoms with Gasteiger partial charge in [0, 0.05) is 12.6 Å². The van der Waals surface area contributed by atoms with Gasteiger partial charge in [-0.25, -0.2) is 9.18 Å². The number of likely N-dealkylation sites (N-methyl/N-ethyl adjacent to an activating group) is 1. The summed E-state index contributed by atoms with van der Waals surface area (Å²) in [5.41, 5.74) is 0.780. The number of carbonyl (C=O) groups excluding carboxylic acids is 2. The number of carbonyl (C=O) groups is 2. The van der Waals surface area contributed by atoms with Gasteiger partial charge in [-0.15, -0.1) is 0 Å². The van der Waals surface area contributed by atoms with Gasteiger partial charge in [-0.05, 0) is 44.5 Å². The Kier molecular flexibility index (Phi) is 6.10. The highest BCUT2D eigenvalue weighted by atomic mass is 19.1. The number of urea groups is 1. The lowest BCUT2D eigenvalue weighted by molar-refractivity contribution is -0.124. The fourth-order valence-corrected chi connectivity index (χ4v) is 2.77. The molecule has 5 nitrogen and oxygen atoms in total. The molecule has 1 aliphatic rings. The van der Waals surface area contributed by atoms with Crippen molar-refractivity contribution in [3.8, 4) is 0 Å². The molecule has 0 spiro atoms. The lowest BCUT2D eigenvalue weighted by Crippen LogP contribution is -2.50.